The lowest BCUT2D eigenvalue weighted by Gasteiger charge is -2.29. The Labute approximate surface area is 138 Å². The summed E-state index contributed by atoms with van der Waals surface area (Å²) in [5.74, 6) is 1.92. The second-order valence-electron chi connectivity index (χ2n) is 7.80. The normalized spacial score (nSPS) is 24.6. The van der Waals surface area contributed by atoms with Gasteiger partial charge in [0.25, 0.3) is 0 Å². The lowest BCUT2D eigenvalue weighted by atomic mass is 9.82. The van der Waals surface area contributed by atoms with E-state index in [0.29, 0.717) is 6.10 Å². The summed E-state index contributed by atoms with van der Waals surface area (Å²) >= 11 is 0. The summed E-state index contributed by atoms with van der Waals surface area (Å²) in [4.78, 5) is 0. The van der Waals surface area contributed by atoms with Crippen LogP contribution in [0.5, 0.6) is 5.75 Å². The second kappa shape index (κ2) is 5.58. The molecule has 1 aromatic heterocycles. The lowest BCUT2D eigenvalue weighted by Crippen LogP contribution is -2.19. The van der Waals surface area contributed by atoms with E-state index in [1.165, 1.54) is 81.7 Å². The number of rotatable bonds is 2. The number of ether oxygens (including phenoxy) is 1. The van der Waals surface area contributed by atoms with Crippen molar-refractivity contribution in [1.82, 2.24) is 4.57 Å². The van der Waals surface area contributed by atoms with Crippen LogP contribution in [-0.2, 0) is 13.0 Å². The third-order valence-corrected chi connectivity index (χ3v) is 6.34. The van der Waals surface area contributed by atoms with Gasteiger partial charge in [-0.1, -0.05) is 6.42 Å². The lowest BCUT2D eigenvalue weighted by molar-refractivity contribution is 0.155. The minimum atomic E-state index is 0.447. The Bertz CT molecular complexity index is 721. The summed E-state index contributed by atoms with van der Waals surface area (Å²) in [6.07, 6.45) is 13.7. The SMILES string of the molecule is c1cc2c(cc1OC1CCCCC1)c1c3n2CCCC3CCC1. The fourth-order valence-corrected chi connectivity index (χ4v) is 5.28. The van der Waals surface area contributed by atoms with Crippen molar-refractivity contribution in [2.24, 2.45) is 0 Å². The molecule has 2 aliphatic carbocycles. The maximum absolute atomic E-state index is 6.33. The van der Waals surface area contributed by atoms with Gasteiger partial charge in [-0.05, 0) is 87.5 Å². The zero-order valence-corrected chi connectivity index (χ0v) is 14.0. The van der Waals surface area contributed by atoms with E-state index >= 15 is 0 Å². The number of aromatic nitrogens is 1. The molecule has 5 rings (SSSR count). The van der Waals surface area contributed by atoms with Crippen LogP contribution in [-0.4, -0.2) is 10.7 Å². The van der Waals surface area contributed by atoms with Crippen LogP contribution < -0.4 is 4.74 Å². The highest BCUT2D eigenvalue weighted by molar-refractivity contribution is 5.87. The van der Waals surface area contributed by atoms with E-state index in [9.17, 15) is 0 Å². The first-order chi connectivity index (χ1) is 11.4. The average molecular weight is 309 g/mol. The maximum atomic E-state index is 6.33. The van der Waals surface area contributed by atoms with E-state index in [0.717, 1.165) is 11.7 Å². The number of aryl methyl sites for hydroxylation is 2. The van der Waals surface area contributed by atoms with Gasteiger partial charge >= 0.3 is 0 Å². The molecular formula is C21H27NO. The molecule has 122 valence electrons. The third kappa shape index (κ3) is 2.29. The van der Waals surface area contributed by atoms with Crippen molar-refractivity contribution in [2.45, 2.75) is 82.8 Å². The van der Waals surface area contributed by atoms with Crippen LogP contribution in [0.15, 0.2) is 18.2 Å². The summed E-state index contributed by atoms with van der Waals surface area (Å²) < 4.78 is 8.96. The second-order valence-corrected chi connectivity index (χ2v) is 7.80. The van der Waals surface area contributed by atoms with E-state index in [1.54, 1.807) is 11.3 Å². The van der Waals surface area contributed by atoms with Crippen LogP contribution in [0.3, 0.4) is 0 Å². The fraction of sp³-hybridized carbons (Fsp3) is 0.619. The van der Waals surface area contributed by atoms with E-state index in [4.69, 9.17) is 4.74 Å². The Morgan fingerprint density at radius 1 is 0.913 bits per heavy atom. The molecular weight excluding hydrogens is 282 g/mol. The van der Waals surface area contributed by atoms with E-state index in [2.05, 4.69) is 22.8 Å². The first kappa shape index (κ1) is 13.9. The van der Waals surface area contributed by atoms with Gasteiger partial charge in [0.1, 0.15) is 5.75 Å². The highest BCUT2D eigenvalue weighted by Gasteiger charge is 2.30. The fourth-order valence-electron chi connectivity index (χ4n) is 5.28. The molecule has 1 atom stereocenters. The van der Waals surface area contributed by atoms with E-state index < -0.39 is 0 Å². The van der Waals surface area contributed by atoms with Crippen LogP contribution in [0, 0.1) is 0 Å². The van der Waals surface area contributed by atoms with Gasteiger partial charge in [0.15, 0.2) is 0 Å². The van der Waals surface area contributed by atoms with E-state index in [-0.39, 0.29) is 0 Å². The molecule has 3 aliphatic rings. The van der Waals surface area contributed by atoms with Gasteiger partial charge in [0.2, 0.25) is 0 Å². The predicted octanol–water partition coefficient (Wildman–Crippen LogP) is 5.57. The standard InChI is InChI=1S/C21H27NO/c1-2-8-16(9-3-1)23-17-11-12-20-19(14-17)18-10-4-6-15-7-5-13-22(20)21(15)18/h11-12,14-16H,1-10,13H2. The molecule has 1 aromatic carbocycles. The maximum Gasteiger partial charge on any atom is 0.120 e. The van der Waals surface area contributed by atoms with Crippen LogP contribution in [0.4, 0.5) is 0 Å². The first-order valence-corrected chi connectivity index (χ1v) is 9.72. The molecule has 1 aliphatic heterocycles. The van der Waals surface area contributed by atoms with Gasteiger partial charge < -0.3 is 9.30 Å². The topological polar surface area (TPSA) is 14.2 Å². The average Bonchev–Trinajstić information content (AvgIpc) is 2.92. The van der Waals surface area contributed by atoms with Crippen molar-refractivity contribution in [2.75, 3.05) is 0 Å². The molecule has 1 saturated carbocycles. The van der Waals surface area contributed by atoms with Gasteiger partial charge in [-0.15, -0.1) is 0 Å². The molecule has 2 nitrogen and oxygen atoms in total. The van der Waals surface area contributed by atoms with Crippen molar-refractivity contribution in [1.29, 1.82) is 0 Å². The molecule has 2 heterocycles. The highest BCUT2D eigenvalue weighted by Crippen LogP contribution is 2.44. The zero-order chi connectivity index (χ0) is 15.2. The molecule has 1 unspecified atom stereocenters. The summed E-state index contributed by atoms with van der Waals surface area (Å²) in [7, 11) is 0. The zero-order valence-electron chi connectivity index (χ0n) is 14.0. The molecule has 0 amide bonds. The third-order valence-electron chi connectivity index (χ3n) is 6.34. The minimum Gasteiger partial charge on any atom is -0.490 e. The van der Waals surface area contributed by atoms with Gasteiger partial charge in [-0.3, -0.25) is 0 Å². The van der Waals surface area contributed by atoms with Crippen molar-refractivity contribution >= 4 is 10.9 Å². The molecule has 23 heavy (non-hydrogen) atoms. The summed E-state index contributed by atoms with van der Waals surface area (Å²) in [5, 5.41) is 1.49. The Hall–Kier alpha value is -1.44. The molecule has 2 aromatic rings. The number of nitrogens with zero attached hydrogens (tertiary/aromatic N) is 1. The largest absolute Gasteiger partial charge is 0.490 e. The Morgan fingerprint density at radius 3 is 2.70 bits per heavy atom. The number of fused-ring (bicyclic) bond motifs is 3. The molecule has 0 radical (unpaired) electrons. The monoisotopic (exact) mass is 309 g/mol. The summed E-state index contributed by atoms with van der Waals surface area (Å²) in [6, 6.07) is 6.90. The van der Waals surface area contributed by atoms with Crippen LogP contribution >= 0.6 is 0 Å². The smallest absolute Gasteiger partial charge is 0.120 e. The molecule has 0 N–H and O–H groups in total. The van der Waals surface area contributed by atoms with Gasteiger partial charge in [0.05, 0.1) is 6.10 Å². The van der Waals surface area contributed by atoms with Gasteiger partial charge in [-0.25, -0.2) is 0 Å². The number of hydrogen-bond donors (Lipinski definition) is 0. The number of benzene rings is 1. The minimum absolute atomic E-state index is 0.447. The molecule has 0 bridgehead atoms. The van der Waals surface area contributed by atoms with Crippen molar-refractivity contribution in [3.8, 4) is 5.75 Å². The van der Waals surface area contributed by atoms with Gasteiger partial charge in [0, 0.05) is 23.1 Å². The Morgan fingerprint density at radius 2 is 1.78 bits per heavy atom. The van der Waals surface area contributed by atoms with Crippen LogP contribution in [0.2, 0.25) is 0 Å². The molecule has 0 spiro atoms. The Balaban J connectivity index is 1.55. The number of hydrogen-bond acceptors (Lipinski definition) is 1. The molecule has 1 fully saturated rings. The van der Waals surface area contributed by atoms with Crippen LogP contribution in [0.1, 0.15) is 75.0 Å². The quantitative estimate of drug-likeness (QED) is 0.707. The summed E-state index contributed by atoms with van der Waals surface area (Å²) in [5.41, 5.74) is 4.77. The van der Waals surface area contributed by atoms with Crippen molar-refractivity contribution in [3.05, 3.63) is 29.5 Å². The highest BCUT2D eigenvalue weighted by atomic mass is 16.5. The van der Waals surface area contributed by atoms with Crippen molar-refractivity contribution < 1.29 is 4.74 Å². The van der Waals surface area contributed by atoms with Crippen molar-refractivity contribution in [3.63, 3.8) is 0 Å². The van der Waals surface area contributed by atoms with E-state index in [1.807, 2.05) is 0 Å². The van der Waals surface area contributed by atoms with Crippen LogP contribution in [0.25, 0.3) is 10.9 Å². The molecule has 0 saturated heterocycles. The Kier molecular flexibility index (Phi) is 3.38. The van der Waals surface area contributed by atoms with Gasteiger partial charge in [-0.2, -0.15) is 0 Å². The summed E-state index contributed by atoms with van der Waals surface area (Å²) in [6.45, 7) is 1.21. The predicted molar refractivity (Wildman–Crippen MR) is 94.4 cm³/mol. The molecule has 2 heteroatoms. The first-order valence-electron chi connectivity index (χ1n) is 9.72.